The first-order valence-corrected chi connectivity index (χ1v) is 8.87. The molecule has 1 saturated carbocycles. The molecular weight excluding hydrogens is 248 g/mol. The third-order valence-corrected chi connectivity index (χ3v) is 5.31. The van der Waals surface area contributed by atoms with Crippen LogP contribution >= 0.6 is 0 Å². The molecule has 3 heteroatoms. The average molecular weight is 282 g/mol. The molecular formula is C17H34N2O. The molecule has 2 N–H and O–H groups in total. The first-order chi connectivity index (χ1) is 9.80. The van der Waals surface area contributed by atoms with Crippen molar-refractivity contribution in [3.8, 4) is 0 Å². The summed E-state index contributed by atoms with van der Waals surface area (Å²) < 4.78 is 5.75. The van der Waals surface area contributed by atoms with E-state index < -0.39 is 0 Å². The zero-order valence-corrected chi connectivity index (χ0v) is 13.4. The lowest BCUT2D eigenvalue weighted by Crippen LogP contribution is -2.55. The minimum Gasteiger partial charge on any atom is -0.378 e. The summed E-state index contributed by atoms with van der Waals surface area (Å²) in [7, 11) is 0. The summed E-state index contributed by atoms with van der Waals surface area (Å²) in [5, 5.41) is 0. The minimum atomic E-state index is 0.310. The van der Waals surface area contributed by atoms with E-state index in [1.165, 1.54) is 77.3 Å². The van der Waals surface area contributed by atoms with Gasteiger partial charge in [-0.1, -0.05) is 26.2 Å². The molecule has 0 radical (unpaired) electrons. The minimum absolute atomic E-state index is 0.310. The van der Waals surface area contributed by atoms with Crippen molar-refractivity contribution in [2.24, 2.45) is 5.73 Å². The van der Waals surface area contributed by atoms with Gasteiger partial charge in [-0.25, -0.2) is 0 Å². The van der Waals surface area contributed by atoms with E-state index in [-0.39, 0.29) is 0 Å². The molecule has 0 bridgehead atoms. The van der Waals surface area contributed by atoms with Crippen LogP contribution in [0.3, 0.4) is 0 Å². The van der Waals surface area contributed by atoms with Gasteiger partial charge in [0, 0.05) is 18.7 Å². The molecule has 0 amide bonds. The number of nitrogens with two attached hydrogens (primary N) is 1. The van der Waals surface area contributed by atoms with Crippen LogP contribution in [0.1, 0.15) is 71.1 Å². The lowest BCUT2D eigenvalue weighted by molar-refractivity contribution is 0.0470. The largest absolute Gasteiger partial charge is 0.378 e. The molecule has 0 aromatic heterocycles. The summed E-state index contributed by atoms with van der Waals surface area (Å²) >= 11 is 0. The monoisotopic (exact) mass is 282 g/mol. The first-order valence-electron chi connectivity index (χ1n) is 8.87. The van der Waals surface area contributed by atoms with Gasteiger partial charge < -0.3 is 10.5 Å². The molecule has 1 aliphatic heterocycles. The van der Waals surface area contributed by atoms with Crippen LogP contribution in [0.4, 0.5) is 0 Å². The van der Waals surface area contributed by atoms with E-state index in [9.17, 15) is 0 Å². The van der Waals surface area contributed by atoms with E-state index in [0.29, 0.717) is 11.6 Å². The maximum atomic E-state index is 6.20. The summed E-state index contributed by atoms with van der Waals surface area (Å²) in [4.78, 5) is 2.72. The Morgan fingerprint density at radius 1 is 1.15 bits per heavy atom. The van der Waals surface area contributed by atoms with Crippen molar-refractivity contribution in [3.63, 3.8) is 0 Å². The fourth-order valence-corrected chi connectivity index (χ4v) is 4.10. The molecule has 20 heavy (non-hydrogen) atoms. The highest BCUT2D eigenvalue weighted by molar-refractivity contribution is 4.94. The van der Waals surface area contributed by atoms with Gasteiger partial charge in [0.05, 0.1) is 6.10 Å². The summed E-state index contributed by atoms with van der Waals surface area (Å²) in [6.07, 6.45) is 13.6. The second kappa shape index (κ2) is 8.35. The normalized spacial score (nSPS) is 26.2. The molecule has 0 aromatic rings. The van der Waals surface area contributed by atoms with Crippen molar-refractivity contribution in [2.45, 2.75) is 82.8 Å². The van der Waals surface area contributed by atoms with Crippen molar-refractivity contribution in [2.75, 3.05) is 26.2 Å². The smallest absolute Gasteiger partial charge is 0.0576 e. The molecule has 118 valence electrons. The standard InChI is InChI=1S/C17H34N2O/c1-2-12-19(13-6-8-16-9-7-14-20-16)17(15-18)10-4-3-5-11-17/h16H,2-15,18H2,1H3. The highest BCUT2D eigenvalue weighted by Gasteiger charge is 2.35. The number of hydrogen-bond donors (Lipinski definition) is 1. The quantitative estimate of drug-likeness (QED) is 0.742. The average Bonchev–Trinajstić information content (AvgIpc) is 3.00. The summed E-state index contributed by atoms with van der Waals surface area (Å²) in [6, 6.07) is 0. The number of nitrogens with zero attached hydrogens (tertiary/aromatic N) is 1. The first kappa shape index (κ1) is 16.3. The molecule has 2 rings (SSSR count). The molecule has 1 aliphatic carbocycles. The van der Waals surface area contributed by atoms with Crippen LogP contribution in [0.5, 0.6) is 0 Å². The Balaban J connectivity index is 1.83. The van der Waals surface area contributed by atoms with Crippen LogP contribution in [-0.4, -0.2) is 42.8 Å². The van der Waals surface area contributed by atoms with Gasteiger partial charge in [0.25, 0.3) is 0 Å². The van der Waals surface area contributed by atoms with Gasteiger partial charge in [-0.3, -0.25) is 4.90 Å². The van der Waals surface area contributed by atoms with Gasteiger partial charge in [-0.15, -0.1) is 0 Å². The van der Waals surface area contributed by atoms with Crippen molar-refractivity contribution in [1.82, 2.24) is 4.90 Å². The molecule has 1 saturated heterocycles. The molecule has 3 nitrogen and oxygen atoms in total. The van der Waals surface area contributed by atoms with Gasteiger partial charge in [-0.2, -0.15) is 0 Å². The molecule has 0 spiro atoms. The fourth-order valence-electron chi connectivity index (χ4n) is 4.10. The fraction of sp³-hybridized carbons (Fsp3) is 1.00. The Morgan fingerprint density at radius 3 is 2.55 bits per heavy atom. The summed E-state index contributed by atoms with van der Waals surface area (Å²) in [6.45, 7) is 6.54. The van der Waals surface area contributed by atoms with E-state index in [1.54, 1.807) is 0 Å². The SMILES string of the molecule is CCCN(CCCC1CCCO1)C1(CN)CCCCC1. The van der Waals surface area contributed by atoms with Crippen molar-refractivity contribution < 1.29 is 4.74 Å². The number of ether oxygens (including phenoxy) is 1. The van der Waals surface area contributed by atoms with Crippen molar-refractivity contribution >= 4 is 0 Å². The summed E-state index contributed by atoms with van der Waals surface area (Å²) in [5.74, 6) is 0. The van der Waals surface area contributed by atoms with E-state index in [0.717, 1.165) is 13.2 Å². The second-order valence-electron chi connectivity index (χ2n) is 6.75. The highest BCUT2D eigenvalue weighted by atomic mass is 16.5. The lowest BCUT2D eigenvalue weighted by Gasteiger charge is -2.46. The van der Waals surface area contributed by atoms with Crippen LogP contribution in [0, 0.1) is 0 Å². The van der Waals surface area contributed by atoms with Crippen LogP contribution in [0.15, 0.2) is 0 Å². The zero-order chi connectivity index (χ0) is 14.3. The van der Waals surface area contributed by atoms with E-state index in [1.807, 2.05) is 0 Å². The molecule has 0 aromatic carbocycles. The third kappa shape index (κ3) is 4.19. The van der Waals surface area contributed by atoms with Crippen LogP contribution in [0.2, 0.25) is 0 Å². The maximum absolute atomic E-state index is 6.20. The van der Waals surface area contributed by atoms with Crippen molar-refractivity contribution in [3.05, 3.63) is 0 Å². The van der Waals surface area contributed by atoms with Gasteiger partial charge in [0.15, 0.2) is 0 Å². The third-order valence-electron chi connectivity index (χ3n) is 5.31. The van der Waals surface area contributed by atoms with Crippen LogP contribution in [0.25, 0.3) is 0 Å². The highest BCUT2D eigenvalue weighted by Crippen LogP contribution is 2.33. The van der Waals surface area contributed by atoms with E-state index in [4.69, 9.17) is 10.5 Å². The lowest BCUT2D eigenvalue weighted by atomic mass is 9.80. The van der Waals surface area contributed by atoms with E-state index >= 15 is 0 Å². The van der Waals surface area contributed by atoms with Crippen LogP contribution in [-0.2, 0) is 4.74 Å². The van der Waals surface area contributed by atoms with Gasteiger partial charge in [0.2, 0.25) is 0 Å². The Labute approximate surface area is 125 Å². The predicted molar refractivity (Wildman–Crippen MR) is 84.9 cm³/mol. The van der Waals surface area contributed by atoms with E-state index in [2.05, 4.69) is 11.8 Å². The van der Waals surface area contributed by atoms with Gasteiger partial charge in [-0.05, 0) is 58.0 Å². The molecule has 2 fully saturated rings. The summed E-state index contributed by atoms with van der Waals surface area (Å²) in [5.41, 5.74) is 6.51. The Hall–Kier alpha value is -0.120. The van der Waals surface area contributed by atoms with Crippen molar-refractivity contribution in [1.29, 1.82) is 0 Å². The second-order valence-corrected chi connectivity index (χ2v) is 6.75. The number of rotatable bonds is 8. The maximum Gasteiger partial charge on any atom is 0.0576 e. The zero-order valence-electron chi connectivity index (χ0n) is 13.4. The molecule has 1 atom stereocenters. The van der Waals surface area contributed by atoms with Crippen LogP contribution < -0.4 is 5.73 Å². The molecule has 1 heterocycles. The Kier molecular flexibility index (Phi) is 6.79. The Bertz CT molecular complexity index is 258. The topological polar surface area (TPSA) is 38.5 Å². The van der Waals surface area contributed by atoms with Gasteiger partial charge in [0.1, 0.15) is 0 Å². The molecule has 1 unspecified atom stereocenters. The molecule has 2 aliphatic rings. The van der Waals surface area contributed by atoms with Gasteiger partial charge >= 0.3 is 0 Å². The number of hydrogen-bond acceptors (Lipinski definition) is 3. The Morgan fingerprint density at radius 2 is 1.95 bits per heavy atom. The predicted octanol–water partition coefficient (Wildman–Crippen LogP) is 3.32.